The molecule has 2 amide bonds. The largest absolute Gasteiger partial charge is 0.373 e. The number of aromatic nitrogens is 4. The number of carbonyl (C=O) groups is 2. The number of amides is 2. The van der Waals surface area contributed by atoms with Gasteiger partial charge in [-0.25, -0.2) is 9.67 Å². The molecule has 35 heavy (non-hydrogen) atoms. The van der Waals surface area contributed by atoms with E-state index in [0.717, 1.165) is 23.9 Å². The van der Waals surface area contributed by atoms with Gasteiger partial charge in [0.25, 0.3) is 5.91 Å². The monoisotopic (exact) mass is 491 g/mol. The van der Waals surface area contributed by atoms with Crippen LogP contribution in [0.1, 0.15) is 59.9 Å². The first-order valence-electron chi connectivity index (χ1n) is 11.5. The number of nitrogens with two attached hydrogens (primary N) is 1. The molecule has 1 aliphatic heterocycles. The second-order valence-electron chi connectivity index (χ2n) is 9.02. The summed E-state index contributed by atoms with van der Waals surface area (Å²) in [6.07, 6.45) is 6.12. The number of hydrogen-bond donors (Lipinski definition) is 2. The molecule has 1 aromatic carbocycles. The summed E-state index contributed by atoms with van der Waals surface area (Å²) < 4.78 is 3.85. The highest BCUT2D eigenvalue weighted by Gasteiger charge is 2.35. The molecule has 0 spiro atoms. The summed E-state index contributed by atoms with van der Waals surface area (Å²) in [6.45, 7) is 6.00. The average molecular weight is 492 g/mol. The molecule has 5 rings (SSSR count). The summed E-state index contributed by atoms with van der Waals surface area (Å²) in [5.41, 5.74) is 8.57. The topological polar surface area (TPSA) is 111 Å². The zero-order valence-electron chi connectivity index (χ0n) is 19.6. The van der Waals surface area contributed by atoms with Gasteiger partial charge in [0.05, 0.1) is 28.4 Å². The van der Waals surface area contributed by atoms with Crippen molar-refractivity contribution in [3.63, 3.8) is 0 Å². The quantitative estimate of drug-likeness (QED) is 0.421. The number of anilines is 1. The molecule has 1 saturated carbocycles. The molecule has 10 heteroatoms. The Morgan fingerprint density at radius 3 is 2.71 bits per heavy atom. The van der Waals surface area contributed by atoms with E-state index in [1.165, 1.54) is 6.08 Å². The lowest BCUT2D eigenvalue weighted by molar-refractivity contribution is -0.126. The van der Waals surface area contributed by atoms with Gasteiger partial charge in [-0.15, -0.1) is 0 Å². The maximum Gasteiger partial charge on any atom is 0.255 e. The van der Waals surface area contributed by atoms with E-state index in [1.54, 1.807) is 16.6 Å². The van der Waals surface area contributed by atoms with Crippen LogP contribution in [0.5, 0.6) is 0 Å². The minimum Gasteiger partial charge on any atom is -0.373 e. The van der Waals surface area contributed by atoms with Crippen LogP contribution in [-0.2, 0) is 4.79 Å². The predicted octanol–water partition coefficient (Wildman–Crippen LogP) is 3.11. The van der Waals surface area contributed by atoms with Crippen molar-refractivity contribution >= 4 is 40.3 Å². The molecule has 2 aromatic heterocycles. The summed E-state index contributed by atoms with van der Waals surface area (Å²) in [5.74, 6) is 5.74. The first kappa shape index (κ1) is 23.0. The number of hydrogen-bond acceptors (Lipinski definition) is 5. The average Bonchev–Trinajstić information content (AvgIpc) is 3.31. The first-order chi connectivity index (χ1) is 16.8. The van der Waals surface area contributed by atoms with Crippen molar-refractivity contribution < 1.29 is 9.59 Å². The van der Waals surface area contributed by atoms with Crippen LogP contribution in [0, 0.1) is 11.8 Å². The summed E-state index contributed by atoms with van der Waals surface area (Å²) in [6, 6.07) is 4.08. The zero-order valence-corrected chi connectivity index (χ0v) is 20.3. The number of nitrogens with zero attached hydrogens (tertiary/aromatic N) is 5. The fourth-order valence-electron chi connectivity index (χ4n) is 4.78. The van der Waals surface area contributed by atoms with Crippen molar-refractivity contribution in [2.24, 2.45) is 5.73 Å². The van der Waals surface area contributed by atoms with Crippen LogP contribution in [-0.4, -0.2) is 55.7 Å². The van der Waals surface area contributed by atoms with Crippen LogP contribution >= 0.6 is 11.6 Å². The maximum absolute atomic E-state index is 12.4. The number of fused-ring (bicyclic) bond motifs is 1. The Morgan fingerprint density at radius 2 is 2.06 bits per heavy atom. The van der Waals surface area contributed by atoms with E-state index in [0.29, 0.717) is 35.4 Å². The van der Waals surface area contributed by atoms with E-state index in [4.69, 9.17) is 17.3 Å². The molecule has 2 fully saturated rings. The van der Waals surface area contributed by atoms with Crippen LogP contribution in [0.2, 0.25) is 5.02 Å². The van der Waals surface area contributed by atoms with Gasteiger partial charge in [-0.3, -0.25) is 9.59 Å². The first-order valence-corrected chi connectivity index (χ1v) is 11.9. The number of primary amides is 1. The standard InChI is InChI=1S/C25H26ClN7O2/c1-4-22(34)31-12-17(9-14(31)2)33-25(28-3)23(24(27)35)19(30-33)8-5-15-10-20-21(11-18(15)26)32(13-29-20)16-6-7-16/h4,10-11,13-14,16-17,28H,1,6-7,9,12H2,2-3H3,(H2,27,35)/t14-,17-/m0/s1. The number of carbonyl (C=O) groups excluding carboxylic acids is 2. The molecule has 0 bridgehead atoms. The second-order valence-corrected chi connectivity index (χ2v) is 9.43. The summed E-state index contributed by atoms with van der Waals surface area (Å²) in [5, 5.41) is 8.18. The lowest BCUT2D eigenvalue weighted by Gasteiger charge is -2.19. The Hall–Kier alpha value is -3.77. The third-order valence-corrected chi connectivity index (χ3v) is 6.98. The fraction of sp³-hybridized carbons (Fsp3) is 0.360. The molecule has 1 saturated heterocycles. The molecular formula is C25H26ClN7O2. The normalized spacial score (nSPS) is 19.5. The summed E-state index contributed by atoms with van der Waals surface area (Å²) in [4.78, 5) is 30.8. The van der Waals surface area contributed by atoms with E-state index in [-0.39, 0.29) is 29.2 Å². The lowest BCUT2D eigenvalue weighted by atomic mass is 10.1. The molecule has 180 valence electrons. The number of imidazole rings is 1. The SMILES string of the molecule is C=CC(=O)N1C[C@@H](n2nc(C#Cc3cc4ncn(C5CC5)c4cc3Cl)c(C(N)=O)c2NC)C[C@@H]1C. The highest BCUT2D eigenvalue weighted by atomic mass is 35.5. The van der Waals surface area contributed by atoms with Gasteiger partial charge >= 0.3 is 0 Å². The van der Waals surface area contributed by atoms with E-state index >= 15 is 0 Å². The molecule has 0 radical (unpaired) electrons. The molecule has 3 heterocycles. The van der Waals surface area contributed by atoms with Gasteiger partial charge in [0.2, 0.25) is 5.91 Å². The molecule has 3 N–H and O–H groups in total. The number of halogens is 1. The Kier molecular flexibility index (Phi) is 5.77. The predicted molar refractivity (Wildman–Crippen MR) is 134 cm³/mol. The number of benzene rings is 1. The third-order valence-electron chi connectivity index (χ3n) is 6.67. The third kappa shape index (κ3) is 4.04. The van der Waals surface area contributed by atoms with Crippen molar-refractivity contribution in [1.82, 2.24) is 24.2 Å². The number of rotatable bonds is 5. The smallest absolute Gasteiger partial charge is 0.255 e. The molecule has 1 aliphatic carbocycles. The van der Waals surface area contributed by atoms with Gasteiger partial charge in [-0.2, -0.15) is 5.10 Å². The van der Waals surface area contributed by atoms with Crippen LogP contribution in [0.25, 0.3) is 11.0 Å². The molecule has 0 unspecified atom stereocenters. The van der Waals surface area contributed by atoms with Crippen LogP contribution in [0.15, 0.2) is 31.1 Å². The van der Waals surface area contributed by atoms with Gasteiger partial charge in [-0.1, -0.05) is 24.1 Å². The van der Waals surface area contributed by atoms with Gasteiger partial charge in [0.15, 0.2) is 5.69 Å². The Balaban J connectivity index is 1.52. The lowest BCUT2D eigenvalue weighted by Crippen LogP contribution is -2.32. The molecule has 2 atom stereocenters. The second kappa shape index (κ2) is 8.78. The van der Waals surface area contributed by atoms with Crippen molar-refractivity contribution in [3.05, 3.63) is 53.0 Å². The highest BCUT2D eigenvalue weighted by Crippen LogP contribution is 2.38. The Bertz CT molecular complexity index is 1420. The van der Waals surface area contributed by atoms with Crippen molar-refractivity contribution in [2.45, 2.75) is 44.3 Å². The zero-order chi connectivity index (χ0) is 24.9. The molecule has 3 aromatic rings. The van der Waals surface area contributed by atoms with Crippen molar-refractivity contribution in [1.29, 1.82) is 0 Å². The summed E-state index contributed by atoms with van der Waals surface area (Å²) >= 11 is 6.55. The Labute approximate surface area is 207 Å². The van der Waals surface area contributed by atoms with Gasteiger partial charge in [0.1, 0.15) is 11.4 Å². The minimum absolute atomic E-state index is 0.00643. The number of nitrogens with one attached hydrogen (secondary N) is 1. The van der Waals surface area contributed by atoms with E-state index < -0.39 is 5.91 Å². The Morgan fingerprint density at radius 1 is 1.29 bits per heavy atom. The van der Waals surface area contributed by atoms with E-state index in [1.807, 2.05) is 25.4 Å². The van der Waals surface area contributed by atoms with E-state index in [9.17, 15) is 9.59 Å². The van der Waals surface area contributed by atoms with Crippen LogP contribution in [0.3, 0.4) is 0 Å². The highest BCUT2D eigenvalue weighted by molar-refractivity contribution is 6.32. The van der Waals surface area contributed by atoms with E-state index in [2.05, 4.69) is 38.4 Å². The van der Waals surface area contributed by atoms with Gasteiger partial charge in [0, 0.05) is 31.2 Å². The molecule has 9 nitrogen and oxygen atoms in total. The minimum atomic E-state index is -0.639. The molecule has 2 aliphatic rings. The summed E-state index contributed by atoms with van der Waals surface area (Å²) in [7, 11) is 1.70. The van der Waals surface area contributed by atoms with Gasteiger partial charge < -0.3 is 20.5 Å². The maximum atomic E-state index is 12.4. The van der Waals surface area contributed by atoms with Crippen LogP contribution < -0.4 is 11.1 Å². The van der Waals surface area contributed by atoms with Gasteiger partial charge in [-0.05, 0) is 50.3 Å². The van der Waals surface area contributed by atoms with Crippen LogP contribution in [0.4, 0.5) is 5.82 Å². The molecular weight excluding hydrogens is 466 g/mol. The van der Waals surface area contributed by atoms with Crippen molar-refractivity contribution in [2.75, 3.05) is 18.9 Å². The fourth-order valence-corrected chi connectivity index (χ4v) is 4.98. The van der Waals surface area contributed by atoms with Crippen molar-refractivity contribution in [3.8, 4) is 11.8 Å². The number of likely N-dealkylation sites (tertiary alicyclic amines) is 1.